The van der Waals surface area contributed by atoms with Crippen molar-refractivity contribution in [1.29, 1.82) is 0 Å². The smallest absolute Gasteiger partial charge is 0.316 e. The fraction of sp³-hybridized carbons (Fsp3) is 0.429. The van der Waals surface area contributed by atoms with E-state index in [0.29, 0.717) is 0 Å². The first-order valence-electron chi connectivity index (χ1n) is 5.87. The molecule has 96 valence electrons. The van der Waals surface area contributed by atoms with E-state index in [1.165, 1.54) is 14.2 Å². The Morgan fingerprint density at radius 2 is 1.72 bits per heavy atom. The quantitative estimate of drug-likeness (QED) is 0.759. The Morgan fingerprint density at radius 3 is 2.17 bits per heavy atom. The van der Waals surface area contributed by atoms with Crippen molar-refractivity contribution in [1.82, 2.24) is 0 Å². The van der Waals surface area contributed by atoms with Gasteiger partial charge in [-0.1, -0.05) is 24.3 Å². The molecule has 0 unspecified atom stereocenters. The Hall–Kier alpha value is -1.84. The van der Waals surface area contributed by atoms with Crippen LogP contribution in [0.5, 0.6) is 0 Å². The summed E-state index contributed by atoms with van der Waals surface area (Å²) in [6.45, 7) is 0. The fourth-order valence-corrected chi connectivity index (χ4v) is 2.11. The number of rotatable bonds is 4. The lowest BCUT2D eigenvalue weighted by Crippen LogP contribution is -2.21. The van der Waals surface area contributed by atoms with Crippen LogP contribution in [0.1, 0.15) is 24.0 Å². The molecule has 4 heteroatoms. The van der Waals surface area contributed by atoms with Gasteiger partial charge in [0.05, 0.1) is 26.1 Å². The van der Waals surface area contributed by atoms with Crippen molar-refractivity contribution in [3.05, 3.63) is 35.4 Å². The van der Waals surface area contributed by atoms with Crippen molar-refractivity contribution >= 4 is 11.9 Å². The van der Waals surface area contributed by atoms with E-state index in [9.17, 15) is 9.59 Å². The molecule has 1 saturated carbocycles. The zero-order valence-electron chi connectivity index (χ0n) is 10.6. The number of hydrogen-bond acceptors (Lipinski definition) is 4. The van der Waals surface area contributed by atoms with E-state index in [-0.39, 0.29) is 18.4 Å². The second kappa shape index (κ2) is 4.80. The summed E-state index contributed by atoms with van der Waals surface area (Å²) in [5.41, 5.74) is 1.40. The minimum atomic E-state index is -0.446. The summed E-state index contributed by atoms with van der Waals surface area (Å²) in [6, 6.07) is 7.49. The summed E-state index contributed by atoms with van der Waals surface area (Å²) >= 11 is 0. The average molecular weight is 248 g/mol. The third kappa shape index (κ3) is 2.23. The molecule has 1 aliphatic rings. The van der Waals surface area contributed by atoms with Crippen molar-refractivity contribution in [2.75, 3.05) is 14.2 Å². The summed E-state index contributed by atoms with van der Waals surface area (Å²) in [5, 5.41) is 0. The van der Waals surface area contributed by atoms with Gasteiger partial charge in [0.15, 0.2) is 0 Å². The molecule has 0 heterocycles. The maximum Gasteiger partial charge on any atom is 0.316 e. The van der Waals surface area contributed by atoms with Gasteiger partial charge in [0, 0.05) is 0 Å². The van der Waals surface area contributed by atoms with Crippen molar-refractivity contribution in [3.8, 4) is 0 Å². The molecule has 1 aliphatic carbocycles. The predicted molar refractivity (Wildman–Crippen MR) is 65.1 cm³/mol. The van der Waals surface area contributed by atoms with Gasteiger partial charge in [0.25, 0.3) is 0 Å². The first-order chi connectivity index (χ1) is 8.62. The highest BCUT2D eigenvalue weighted by Gasteiger charge is 2.52. The highest BCUT2D eigenvalue weighted by molar-refractivity contribution is 5.86. The topological polar surface area (TPSA) is 52.6 Å². The van der Waals surface area contributed by atoms with Crippen molar-refractivity contribution in [2.45, 2.75) is 24.7 Å². The van der Waals surface area contributed by atoms with Gasteiger partial charge in [-0.25, -0.2) is 0 Å². The largest absolute Gasteiger partial charge is 0.469 e. The molecule has 0 radical (unpaired) electrons. The van der Waals surface area contributed by atoms with E-state index in [1.54, 1.807) is 0 Å². The Bertz CT molecular complexity index is 457. The molecule has 0 N–H and O–H groups in total. The number of ether oxygens (including phenoxy) is 2. The molecule has 0 spiro atoms. The van der Waals surface area contributed by atoms with Gasteiger partial charge in [-0.2, -0.15) is 0 Å². The van der Waals surface area contributed by atoms with Crippen LogP contribution in [0.2, 0.25) is 0 Å². The number of esters is 2. The maximum absolute atomic E-state index is 11.7. The Morgan fingerprint density at radius 1 is 1.11 bits per heavy atom. The molecule has 2 rings (SSSR count). The summed E-state index contributed by atoms with van der Waals surface area (Å²) in [4.78, 5) is 22.8. The van der Waals surface area contributed by atoms with Gasteiger partial charge < -0.3 is 9.47 Å². The molecule has 4 nitrogen and oxygen atoms in total. The van der Waals surface area contributed by atoms with Gasteiger partial charge in [-0.05, 0) is 24.0 Å². The minimum absolute atomic E-state index is 0.178. The van der Waals surface area contributed by atoms with E-state index < -0.39 is 5.41 Å². The number of benzene rings is 1. The standard InChI is InChI=1S/C14H16O4/c1-17-12(15)9-10-3-5-11(6-4-10)14(7-8-14)13(16)18-2/h3-6H,7-9H2,1-2H3. The normalized spacial score (nSPS) is 15.9. The van der Waals surface area contributed by atoms with E-state index in [4.69, 9.17) is 4.74 Å². The third-order valence-corrected chi connectivity index (χ3v) is 3.41. The molecule has 0 aromatic heterocycles. The molecular weight excluding hydrogens is 232 g/mol. The van der Waals surface area contributed by atoms with E-state index in [1.807, 2.05) is 24.3 Å². The van der Waals surface area contributed by atoms with Crippen LogP contribution < -0.4 is 0 Å². The van der Waals surface area contributed by atoms with Gasteiger partial charge in [0.1, 0.15) is 0 Å². The number of methoxy groups -OCH3 is 2. The molecule has 0 aliphatic heterocycles. The lowest BCUT2D eigenvalue weighted by Gasteiger charge is -2.13. The minimum Gasteiger partial charge on any atom is -0.469 e. The highest BCUT2D eigenvalue weighted by atomic mass is 16.5. The summed E-state index contributed by atoms with van der Waals surface area (Å²) in [6.07, 6.45) is 1.91. The first-order valence-corrected chi connectivity index (χ1v) is 5.87. The SMILES string of the molecule is COC(=O)Cc1ccc(C2(C(=O)OC)CC2)cc1. The third-order valence-electron chi connectivity index (χ3n) is 3.41. The summed E-state index contributed by atoms with van der Waals surface area (Å²) < 4.78 is 9.44. The molecule has 0 bridgehead atoms. The van der Waals surface area contributed by atoms with Crippen LogP contribution in [0.4, 0.5) is 0 Å². The Kier molecular flexibility index (Phi) is 3.36. The highest BCUT2D eigenvalue weighted by Crippen LogP contribution is 2.49. The lowest BCUT2D eigenvalue weighted by molar-refractivity contribution is -0.143. The monoisotopic (exact) mass is 248 g/mol. The van der Waals surface area contributed by atoms with Gasteiger partial charge in [0.2, 0.25) is 0 Å². The predicted octanol–water partition coefficient (Wildman–Crippen LogP) is 1.61. The van der Waals surface area contributed by atoms with Crippen molar-refractivity contribution in [3.63, 3.8) is 0 Å². The zero-order valence-corrected chi connectivity index (χ0v) is 10.6. The maximum atomic E-state index is 11.7. The zero-order chi connectivity index (χ0) is 13.2. The molecule has 0 atom stereocenters. The molecule has 18 heavy (non-hydrogen) atoms. The lowest BCUT2D eigenvalue weighted by atomic mass is 9.95. The fourth-order valence-electron chi connectivity index (χ4n) is 2.11. The van der Waals surface area contributed by atoms with Crippen LogP contribution in [0, 0.1) is 0 Å². The van der Waals surface area contributed by atoms with E-state index in [2.05, 4.69) is 4.74 Å². The van der Waals surface area contributed by atoms with Crippen molar-refractivity contribution < 1.29 is 19.1 Å². The number of hydrogen-bond donors (Lipinski definition) is 0. The molecule has 1 aromatic rings. The Labute approximate surface area is 106 Å². The van der Waals surface area contributed by atoms with Crippen LogP contribution in [0.15, 0.2) is 24.3 Å². The van der Waals surface area contributed by atoms with Crippen LogP contribution in [0.25, 0.3) is 0 Å². The summed E-state index contributed by atoms with van der Waals surface area (Å²) in [7, 11) is 2.78. The van der Waals surface area contributed by atoms with Crippen LogP contribution in [-0.4, -0.2) is 26.2 Å². The second-order valence-corrected chi connectivity index (χ2v) is 4.52. The molecule has 1 fully saturated rings. The Balaban J connectivity index is 2.13. The van der Waals surface area contributed by atoms with Gasteiger partial charge in [-0.3, -0.25) is 9.59 Å². The molecule has 0 amide bonds. The van der Waals surface area contributed by atoms with E-state index in [0.717, 1.165) is 24.0 Å². The number of carbonyl (C=O) groups excluding carboxylic acids is 2. The second-order valence-electron chi connectivity index (χ2n) is 4.52. The average Bonchev–Trinajstić information content (AvgIpc) is 3.20. The summed E-state index contributed by atoms with van der Waals surface area (Å²) in [5.74, 6) is -0.444. The van der Waals surface area contributed by atoms with Gasteiger partial charge >= 0.3 is 11.9 Å². The first kappa shape index (κ1) is 12.6. The molecule has 1 aromatic carbocycles. The van der Waals surface area contributed by atoms with Crippen molar-refractivity contribution in [2.24, 2.45) is 0 Å². The van der Waals surface area contributed by atoms with Gasteiger partial charge in [-0.15, -0.1) is 0 Å². The van der Waals surface area contributed by atoms with Crippen LogP contribution in [-0.2, 0) is 30.9 Å². The molecular formula is C14H16O4. The molecule has 0 saturated heterocycles. The van der Waals surface area contributed by atoms with Crippen LogP contribution >= 0.6 is 0 Å². The van der Waals surface area contributed by atoms with Crippen LogP contribution in [0.3, 0.4) is 0 Å². The van der Waals surface area contributed by atoms with E-state index >= 15 is 0 Å². The number of carbonyl (C=O) groups is 2.